The van der Waals surface area contributed by atoms with Gasteiger partial charge in [-0.2, -0.15) is 0 Å². The van der Waals surface area contributed by atoms with Crippen LogP contribution in [0.25, 0.3) is 10.1 Å². The predicted octanol–water partition coefficient (Wildman–Crippen LogP) is 5.86. The first kappa shape index (κ1) is 13.4. The van der Waals surface area contributed by atoms with Crippen molar-refractivity contribution in [1.29, 1.82) is 0 Å². The highest BCUT2D eigenvalue weighted by molar-refractivity contribution is 9.13. The van der Waals surface area contributed by atoms with Crippen LogP contribution in [0.5, 0.6) is 0 Å². The Balaban J connectivity index is 2.06. The van der Waals surface area contributed by atoms with Crippen molar-refractivity contribution >= 4 is 70.4 Å². The first-order valence-corrected chi connectivity index (χ1v) is 8.45. The normalized spacial score (nSPS) is 11.1. The molecule has 0 amide bonds. The number of benzene rings is 1. The fourth-order valence-electron chi connectivity index (χ4n) is 1.70. The van der Waals surface area contributed by atoms with E-state index in [1.807, 2.05) is 6.07 Å². The second-order valence-electron chi connectivity index (χ2n) is 3.85. The topological polar surface area (TPSA) is 17.1 Å². The second kappa shape index (κ2) is 5.09. The molecule has 0 aliphatic rings. The molecule has 96 valence electrons. The number of carbonyl (C=O) groups excluding carboxylic acids is 1. The zero-order chi connectivity index (χ0) is 13.6. The number of fused-ring (bicyclic) bond motifs is 1. The summed E-state index contributed by atoms with van der Waals surface area (Å²) in [6.07, 6.45) is 0. The van der Waals surface area contributed by atoms with Gasteiger partial charge in [0.15, 0.2) is 0 Å². The van der Waals surface area contributed by atoms with Crippen molar-refractivity contribution in [3.63, 3.8) is 0 Å². The van der Waals surface area contributed by atoms with E-state index in [1.54, 1.807) is 12.1 Å². The highest BCUT2D eigenvalue weighted by Gasteiger charge is 2.16. The molecule has 3 aromatic rings. The molecule has 6 heteroatoms. The monoisotopic (exact) mass is 418 g/mol. The van der Waals surface area contributed by atoms with Gasteiger partial charge >= 0.3 is 0 Å². The van der Waals surface area contributed by atoms with Gasteiger partial charge in [0.2, 0.25) is 5.78 Å². The van der Waals surface area contributed by atoms with Gasteiger partial charge < -0.3 is 0 Å². The molecule has 1 aromatic carbocycles. The Morgan fingerprint density at radius 1 is 1.05 bits per heavy atom. The van der Waals surface area contributed by atoms with Gasteiger partial charge in [-0.15, -0.1) is 22.7 Å². The van der Waals surface area contributed by atoms with Crippen molar-refractivity contribution in [3.8, 4) is 0 Å². The summed E-state index contributed by atoms with van der Waals surface area (Å²) < 4.78 is 15.7. The molecule has 1 nitrogen and oxygen atoms in total. The van der Waals surface area contributed by atoms with Gasteiger partial charge in [-0.25, -0.2) is 4.39 Å². The molecule has 0 unspecified atom stereocenters. The molecular weight excluding hydrogens is 415 g/mol. The highest BCUT2D eigenvalue weighted by atomic mass is 79.9. The van der Waals surface area contributed by atoms with Gasteiger partial charge in [-0.3, -0.25) is 4.79 Å². The van der Waals surface area contributed by atoms with E-state index in [-0.39, 0.29) is 11.6 Å². The van der Waals surface area contributed by atoms with Crippen molar-refractivity contribution in [2.24, 2.45) is 0 Å². The van der Waals surface area contributed by atoms with E-state index in [4.69, 9.17) is 0 Å². The average Bonchev–Trinajstić information content (AvgIpc) is 2.92. The summed E-state index contributed by atoms with van der Waals surface area (Å²) >= 11 is 9.44. The lowest BCUT2D eigenvalue weighted by Crippen LogP contribution is -1.93. The molecule has 0 saturated carbocycles. The molecule has 0 aliphatic carbocycles. The number of ketones is 1. The van der Waals surface area contributed by atoms with E-state index in [0.717, 1.165) is 18.3 Å². The number of carbonyl (C=O) groups is 1. The molecule has 2 heterocycles. The number of hydrogen-bond donors (Lipinski definition) is 0. The van der Waals surface area contributed by atoms with E-state index in [9.17, 15) is 9.18 Å². The third kappa shape index (κ3) is 2.54. The number of hydrogen-bond acceptors (Lipinski definition) is 3. The Hall–Kier alpha value is -0.560. The van der Waals surface area contributed by atoms with E-state index < -0.39 is 0 Å². The van der Waals surface area contributed by atoms with Crippen LogP contribution in [0.1, 0.15) is 14.5 Å². The molecule has 0 bridgehead atoms. The van der Waals surface area contributed by atoms with Crippen LogP contribution in [0, 0.1) is 5.82 Å². The molecule has 2 aromatic heterocycles. The first-order chi connectivity index (χ1) is 9.04. The van der Waals surface area contributed by atoms with Crippen LogP contribution in [0.2, 0.25) is 0 Å². The van der Waals surface area contributed by atoms with Crippen molar-refractivity contribution in [3.05, 3.63) is 54.2 Å². The van der Waals surface area contributed by atoms with E-state index in [2.05, 4.69) is 31.9 Å². The minimum absolute atomic E-state index is 0.0296. The summed E-state index contributed by atoms with van der Waals surface area (Å²) in [5, 5.41) is 0.893. The molecule has 0 radical (unpaired) electrons. The zero-order valence-corrected chi connectivity index (χ0v) is 14.1. The molecule has 0 spiro atoms. The van der Waals surface area contributed by atoms with Crippen LogP contribution >= 0.6 is 54.5 Å². The third-order valence-corrected chi connectivity index (χ3v) is 6.93. The summed E-state index contributed by atoms with van der Waals surface area (Å²) in [5.41, 5.74) is 0. The van der Waals surface area contributed by atoms with Crippen molar-refractivity contribution < 1.29 is 9.18 Å². The Kier molecular flexibility index (Phi) is 3.59. The van der Waals surface area contributed by atoms with Gasteiger partial charge in [0, 0.05) is 9.17 Å². The van der Waals surface area contributed by atoms with Crippen molar-refractivity contribution in [2.45, 2.75) is 0 Å². The summed E-state index contributed by atoms with van der Waals surface area (Å²) in [6, 6.07) is 8.15. The molecule has 19 heavy (non-hydrogen) atoms. The van der Waals surface area contributed by atoms with Crippen LogP contribution in [-0.2, 0) is 0 Å². The van der Waals surface area contributed by atoms with Gasteiger partial charge in [-0.05, 0) is 61.5 Å². The van der Waals surface area contributed by atoms with Crippen LogP contribution in [0.15, 0.2) is 38.6 Å². The number of rotatable bonds is 2. The second-order valence-corrected chi connectivity index (χ2v) is 8.16. The molecule has 0 aliphatic heterocycles. The smallest absolute Gasteiger partial charge is 0.212 e. The van der Waals surface area contributed by atoms with E-state index in [0.29, 0.717) is 9.75 Å². The van der Waals surface area contributed by atoms with Gasteiger partial charge in [0.1, 0.15) is 5.82 Å². The Labute approximate surface area is 133 Å². The third-order valence-electron chi connectivity index (χ3n) is 2.57. The molecule has 0 saturated heterocycles. The van der Waals surface area contributed by atoms with Crippen molar-refractivity contribution in [2.75, 3.05) is 0 Å². The van der Waals surface area contributed by atoms with Crippen LogP contribution in [-0.4, -0.2) is 5.78 Å². The molecule has 0 atom stereocenters. The number of halogens is 3. The van der Waals surface area contributed by atoms with Crippen LogP contribution < -0.4 is 0 Å². The maximum Gasteiger partial charge on any atom is 0.212 e. The quantitative estimate of drug-likeness (QED) is 0.475. The van der Waals surface area contributed by atoms with Gasteiger partial charge in [-0.1, -0.05) is 6.07 Å². The van der Waals surface area contributed by atoms with Crippen molar-refractivity contribution in [1.82, 2.24) is 0 Å². The van der Waals surface area contributed by atoms with Crippen LogP contribution in [0.4, 0.5) is 4.39 Å². The molecule has 0 N–H and O–H groups in total. The highest BCUT2D eigenvalue weighted by Crippen LogP contribution is 2.35. The van der Waals surface area contributed by atoms with E-state index in [1.165, 1.54) is 34.8 Å². The Morgan fingerprint density at radius 3 is 2.47 bits per heavy atom. The summed E-state index contributed by atoms with van der Waals surface area (Å²) in [4.78, 5) is 13.6. The summed E-state index contributed by atoms with van der Waals surface area (Å²) in [6.45, 7) is 0. The molecular formula is C13H5Br2FOS2. The fourth-order valence-corrected chi connectivity index (χ4v) is 4.79. The first-order valence-electron chi connectivity index (χ1n) is 5.23. The van der Waals surface area contributed by atoms with Gasteiger partial charge in [0.05, 0.1) is 13.5 Å². The molecule has 3 rings (SSSR count). The lowest BCUT2D eigenvalue weighted by molar-refractivity contribution is 0.104. The lowest BCUT2D eigenvalue weighted by Gasteiger charge is -1.90. The summed E-state index contributed by atoms with van der Waals surface area (Å²) in [7, 11) is 0. The molecule has 0 fully saturated rings. The predicted molar refractivity (Wildman–Crippen MR) is 84.9 cm³/mol. The zero-order valence-electron chi connectivity index (χ0n) is 9.25. The average molecular weight is 420 g/mol. The van der Waals surface area contributed by atoms with Gasteiger partial charge in [0.25, 0.3) is 0 Å². The number of thiophene rings is 2. The minimum Gasteiger partial charge on any atom is -0.287 e. The maximum atomic E-state index is 13.1. The summed E-state index contributed by atoms with van der Waals surface area (Å²) in [5.74, 6) is -0.312. The maximum absolute atomic E-state index is 13.1. The van der Waals surface area contributed by atoms with E-state index >= 15 is 0 Å². The SMILES string of the molecule is O=C(c1cc(Br)c(Br)s1)c1cc2ccc(F)cc2s1. The Morgan fingerprint density at radius 2 is 1.79 bits per heavy atom. The fraction of sp³-hybridized carbons (Fsp3) is 0. The van der Waals surface area contributed by atoms with Crippen LogP contribution in [0.3, 0.4) is 0 Å². The largest absolute Gasteiger partial charge is 0.287 e. The minimum atomic E-state index is -0.282. The standard InChI is InChI=1S/C13H5Br2FOS2/c14-8-5-11(19-13(8)15)12(17)10-3-6-1-2-7(16)4-9(6)18-10/h1-5H. The Bertz CT molecular complexity index is 772. The lowest BCUT2D eigenvalue weighted by atomic mass is 10.2.